The van der Waals surface area contributed by atoms with Crippen LogP contribution in [0.3, 0.4) is 0 Å². The maximum Gasteiger partial charge on any atom is 0.0825 e. The Bertz CT molecular complexity index is 564. The molecule has 0 aliphatic carbocycles. The first-order chi connectivity index (χ1) is 11.1. The van der Waals surface area contributed by atoms with Crippen LogP contribution in [-0.2, 0) is 11.2 Å². The molecule has 6 heteroatoms. The van der Waals surface area contributed by atoms with E-state index in [0.717, 1.165) is 73.4 Å². The van der Waals surface area contributed by atoms with Gasteiger partial charge in [0.25, 0.3) is 0 Å². The van der Waals surface area contributed by atoms with Crippen molar-refractivity contribution in [2.75, 3.05) is 44.3 Å². The number of benzene rings is 1. The van der Waals surface area contributed by atoms with Crippen molar-refractivity contribution in [3.8, 4) is 0 Å². The molecule has 1 unspecified atom stereocenters. The smallest absolute Gasteiger partial charge is 0.0825 e. The fourth-order valence-corrected chi connectivity index (χ4v) is 3.86. The third-order valence-electron chi connectivity index (χ3n) is 4.47. The van der Waals surface area contributed by atoms with Crippen molar-refractivity contribution in [3.05, 3.63) is 28.8 Å². The summed E-state index contributed by atoms with van der Waals surface area (Å²) in [5.41, 5.74) is 2.14. The predicted molar refractivity (Wildman–Crippen MR) is 97.6 cm³/mol. The molecule has 3 rings (SSSR count). The van der Waals surface area contributed by atoms with Crippen LogP contribution in [0.1, 0.15) is 18.4 Å². The van der Waals surface area contributed by atoms with Gasteiger partial charge >= 0.3 is 0 Å². The summed E-state index contributed by atoms with van der Waals surface area (Å²) in [4.78, 5) is 5.33. The van der Waals surface area contributed by atoms with E-state index < -0.39 is 0 Å². The number of anilines is 1. The number of thiocarbonyl (C=S) groups is 1. The lowest BCUT2D eigenvalue weighted by Gasteiger charge is -2.33. The molecule has 1 aromatic rings. The molecule has 0 spiro atoms. The van der Waals surface area contributed by atoms with Gasteiger partial charge in [-0.05, 0) is 30.5 Å². The maximum absolute atomic E-state index is 9.83. The SMILES string of the molecule is OC1CCCN(c2ccc(CC(=S)N3CCOCC3)cc2Cl)C1. The van der Waals surface area contributed by atoms with E-state index >= 15 is 0 Å². The number of piperidine rings is 1. The highest BCUT2D eigenvalue weighted by molar-refractivity contribution is 7.80. The molecule has 2 aliphatic heterocycles. The normalized spacial score (nSPS) is 22.3. The number of halogens is 1. The summed E-state index contributed by atoms with van der Waals surface area (Å²) >= 11 is 12.0. The second-order valence-electron chi connectivity index (χ2n) is 6.20. The molecule has 1 N–H and O–H groups in total. The Morgan fingerprint density at radius 2 is 2.09 bits per heavy atom. The highest BCUT2D eigenvalue weighted by Crippen LogP contribution is 2.29. The molecule has 0 radical (unpaired) electrons. The van der Waals surface area contributed by atoms with E-state index in [1.807, 2.05) is 6.07 Å². The summed E-state index contributed by atoms with van der Waals surface area (Å²) in [6.45, 7) is 4.84. The Kier molecular flexibility index (Phi) is 5.75. The number of rotatable bonds is 3. The van der Waals surface area contributed by atoms with Crippen LogP contribution in [0.25, 0.3) is 0 Å². The molecule has 126 valence electrons. The fraction of sp³-hybridized carbons (Fsp3) is 0.588. The molecule has 0 amide bonds. The van der Waals surface area contributed by atoms with E-state index in [4.69, 9.17) is 28.6 Å². The summed E-state index contributed by atoms with van der Waals surface area (Å²) in [5.74, 6) is 0. The number of β-amino-alcohol motifs (C(OH)–C–C–N with tert-alkyl or cyclic N) is 1. The Morgan fingerprint density at radius 3 is 2.78 bits per heavy atom. The van der Waals surface area contributed by atoms with Gasteiger partial charge in [-0.25, -0.2) is 0 Å². The van der Waals surface area contributed by atoms with Gasteiger partial charge in [0.1, 0.15) is 0 Å². The molecule has 1 atom stereocenters. The van der Waals surface area contributed by atoms with Gasteiger partial charge in [-0.2, -0.15) is 0 Å². The highest BCUT2D eigenvalue weighted by Gasteiger charge is 2.20. The zero-order valence-electron chi connectivity index (χ0n) is 13.2. The van der Waals surface area contributed by atoms with E-state index in [0.29, 0.717) is 6.54 Å². The molecule has 0 bridgehead atoms. The van der Waals surface area contributed by atoms with Gasteiger partial charge in [0.2, 0.25) is 0 Å². The third-order valence-corrected chi connectivity index (χ3v) is 5.17. The van der Waals surface area contributed by atoms with Crippen molar-refractivity contribution in [1.29, 1.82) is 0 Å². The molecule has 4 nitrogen and oxygen atoms in total. The van der Waals surface area contributed by atoms with Gasteiger partial charge in [-0.1, -0.05) is 29.9 Å². The molecule has 0 aromatic heterocycles. The van der Waals surface area contributed by atoms with Gasteiger partial charge < -0.3 is 19.6 Å². The van der Waals surface area contributed by atoms with Gasteiger partial charge in [-0.15, -0.1) is 0 Å². The van der Waals surface area contributed by atoms with Crippen LogP contribution in [-0.4, -0.2) is 60.5 Å². The second-order valence-corrected chi connectivity index (χ2v) is 7.08. The standard InChI is InChI=1S/C17H23ClN2O2S/c18-15-10-13(11-17(23)19-6-8-22-9-7-19)3-4-16(15)20-5-1-2-14(21)12-20/h3-4,10,14,21H,1-2,5-9,11-12H2. The van der Waals surface area contributed by atoms with Crippen LogP contribution in [0.2, 0.25) is 5.02 Å². The molecule has 2 saturated heterocycles. The zero-order valence-corrected chi connectivity index (χ0v) is 14.8. The zero-order chi connectivity index (χ0) is 16.2. The molecular formula is C17H23ClN2O2S. The van der Waals surface area contributed by atoms with E-state index in [9.17, 15) is 5.11 Å². The van der Waals surface area contributed by atoms with Crippen LogP contribution in [0, 0.1) is 0 Å². The average molecular weight is 355 g/mol. The molecule has 0 saturated carbocycles. The Morgan fingerprint density at radius 1 is 1.30 bits per heavy atom. The topological polar surface area (TPSA) is 35.9 Å². The maximum atomic E-state index is 9.83. The van der Waals surface area contributed by atoms with Crippen LogP contribution in [0.4, 0.5) is 5.69 Å². The number of aliphatic hydroxyl groups excluding tert-OH is 1. The Hall–Kier alpha value is -0.880. The monoisotopic (exact) mass is 354 g/mol. The third kappa shape index (κ3) is 4.35. The minimum absolute atomic E-state index is 0.256. The molecule has 2 fully saturated rings. The van der Waals surface area contributed by atoms with Gasteiger partial charge in [0.15, 0.2) is 0 Å². The van der Waals surface area contributed by atoms with Crippen molar-refractivity contribution < 1.29 is 9.84 Å². The number of ether oxygens (including phenoxy) is 1. The first-order valence-corrected chi connectivity index (χ1v) is 8.99. The first kappa shape index (κ1) is 17.0. The molecule has 23 heavy (non-hydrogen) atoms. The minimum atomic E-state index is -0.256. The molecular weight excluding hydrogens is 332 g/mol. The molecule has 1 aromatic carbocycles. The fourth-order valence-electron chi connectivity index (χ4n) is 3.19. The number of hydrogen-bond acceptors (Lipinski definition) is 4. The summed E-state index contributed by atoms with van der Waals surface area (Å²) < 4.78 is 5.36. The highest BCUT2D eigenvalue weighted by atomic mass is 35.5. The molecule has 2 heterocycles. The average Bonchev–Trinajstić information content (AvgIpc) is 2.56. The Labute approximate surface area is 148 Å². The second kappa shape index (κ2) is 7.79. The van der Waals surface area contributed by atoms with E-state index in [-0.39, 0.29) is 6.10 Å². The number of nitrogens with zero attached hydrogens (tertiary/aromatic N) is 2. The summed E-state index contributed by atoms with van der Waals surface area (Å²) in [6, 6.07) is 6.15. The minimum Gasteiger partial charge on any atom is -0.391 e. The van der Waals surface area contributed by atoms with Crippen LogP contribution >= 0.6 is 23.8 Å². The van der Waals surface area contributed by atoms with Gasteiger partial charge in [-0.3, -0.25) is 0 Å². The van der Waals surface area contributed by atoms with Crippen LogP contribution in [0.15, 0.2) is 18.2 Å². The lowest BCUT2D eigenvalue weighted by Crippen LogP contribution is -2.40. The molecule has 2 aliphatic rings. The van der Waals surface area contributed by atoms with Crippen molar-refractivity contribution in [3.63, 3.8) is 0 Å². The van der Waals surface area contributed by atoms with Crippen molar-refractivity contribution in [1.82, 2.24) is 4.90 Å². The van der Waals surface area contributed by atoms with Crippen LogP contribution < -0.4 is 4.90 Å². The lowest BCUT2D eigenvalue weighted by atomic mass is 10.1. The van der Waals surface area contributed by atoms with Crippen molar-refractivity contribution in [2.45, 2.75) is 25.4 Å². The summed E-state index contributed by atoms with van der Waals surface area (Å²) in [5, 5.41) is 10.6. The van der Waals surface area contributed by atoms with Crippen molar-refractivity contribution in [2.24, 2.45) is 0 Å². The number of hydrogen-bond donors (Lipinski definition) is 1. The first-order valence-electron chi connectivity index (χ1n) is 8.20. The largest absolute Gasteiger partial charge is 0.391 e. The van der Waals surface area contributed by atoms with E-state index in [1.54, 1.807) is 0 Å². The lowest BCUT2D eigenvalue weighted by molar-refractivity contribution is 0.0684. The summed E-state index contributed by atoms with van der Waals surface area (Å²) in [6.07, 6.45) is 2.35. The number of morpholine rings is 1. The van der Waals surface area contributed by atoms with E-state index in [1.165, 1.54) is 0 Å². The quantitative estimate of drug-likeness (QED) is 0.844. The van der Waals surface area contributed by atoms with Crippen LogP contribution in [0.5, 0.6) is 0 Å². The summed E-state index contributed by atoms with van der Waals surface area (Å²) in [7, 11) is 0. The van der Waals surface area contributed by atoms with Gasteiger partial charge in [0.05, 0.1) is 35.0 Å². The predicted octanol–water partition coefficient (Wildman–Crippen LogP) is 2.50. The van der Waals surface area contributed by atoms with E-state index in [2.05, 4.69) is 21.9 Å². The number of aliphatic hydroxyl groups is 1. The van der Waals surface area contributed by atoms with Crippen molar-refractivity contribution >= 4 is 34.5 Å². The Balaban J connectivity index is 1.65. The van der Waals surface area contributed by atoms with Gasteiger partial charge in [0, 0.05) is 32.6 Å².